The van der Waals surface area contributed by atoms with Gasteiger partial charge in [-0.3, -0.25) is 0 Å². The zero-order valence-corrected chi connectivity index (χ0v) is 10.3. The van der Waals surface area contributed by atoms with E-state index in [0.29, 0.717) is 5.69 Å². The molecule has 1 rings (SSSR count). The summed E-state index contributed by atoms with van der Waals surface area (Å²) in [7, 11) is 1.68. The van der Waals surface area contributed by atoms with Crippen LogP contribution < -0.4 is 61.8 Å². The molecule has 0 fully saturated rings. The predicted molar refractivity (Wildman–Crippen MR) is 38.2 cm³/mol. The van der Waals surface area contributed by atoms with Gasteiger partial charge < -0.3 is 15.2 Å². The Balaban J connectivity index is 0.000001000. The minimum absolute atomic E-state index is 0. The molecule has 1 N–H and O–H groups in total. The molecule has 0 saturated heterocycles. The number of thiophene rings is 1. The standard InChI is InChI=1S/C6H7NO2S.K/c1-7-5-3-10-2-4(5)6(8)9;/h2-3,7H,1H3,(H,8,9);/q;+1/p-1. The fraction of sp³-hybridized carbons (Fsp3) is 0.167. The molecule has 0 atom stereocenters. The number of carbonyl (C=O) groups is 1. The number of hydrogen-bond acceptors (Lipinski definition) is 4. The van der Waals surface area contributed by atoms with Gasteiger partial charge in [0.15, 0.2) is 0 Å². The maximum atomic E-state index is 10.3. The molecule has 0 unspecified atom stereocenters. The van der Waals surface area contributed by atoms with E-state index in [9.17, 15) is 9.90 Å². The fourth-order valence-electron chi connectivity index (χ4n) is 0.649. The number of rotatable bonds is 2. The third-order valence-electron chi connectivity index (χ3n) is 1.15. The number of carbonyl (C=O) groups excluding carboxylic acids is 1. The summed E-state index contributed by atoms with van der Waals surface area (Å²) in [5.74, 6) is -1.13. The van der Waals surface area contributed by atoms with Crippen LogP contribution in [0, 0.1) is 0 Å². The molecule has 1 aromatic rings. The molecule has 3 nitrogen and oxygen atoms in total. The summed E-state index contributed by atoms with van der Waals surface area (Å²) in [4.78, 5) is 10.3. The van der Waals surface area contributed by atoms with Crippen LogP contribution in [0.2, 0.25) is 0 Å². The van der Waals surface area contributed by atoms with Crippen molar-refractivity contribution in [2.45, 2.75) is 0 Å². The number of carboxylic acids is 1. The molecule has 0 spiro atoms. The fourth-order valence-corrected chi connectivity index (χ4v) is 1.46. The maximum absolute atomic E-state index is 10.3. The Hall–Kier alpha value is 0.606. The molecule has 0 bridgehead atoms. The van der Waals surface area contributed by atoms with Crippen molar-refractivity contribution in [3.63, 3.8) is 0 Å². The van der Waals surface area contributed by atoms with Crippen LogP contribution in [-0.4, -0.2) is 13.0 Å². The van der Waals surface area contributed by atoms with Gasteiger partial charge in [-0.25, -0.2) is 0 Å². The number of aromatic carboxylic acids is 1. The smallest absolute Gasteiger partial charge is 0.545 e. The second-order valence-corrected chi connectivity index (χ2v) is 2.48. The van der Waals surface area contributed by atoms with Gasteiger partial charge in [0.05, 0.1) is 11.7 Å². The predicted octanol–water partition coefficient (Wildman–Crippen LogP) is -2.84. The number of anilines is 1. The summed E-state index contributed by atoms with van der Waals surface area (Å²) >= 11 is 1.34. The number of carboxylic acid groups (broad SMARTS) is 1. The van der Waals surface area contributed by atoms with E-state index in [1.54, 1.807) is 17.8 Å². The molecule has 0 aliphatic carbocycles. The van der Waals surface area contributed by atoms with E-state index in [1.165, 1.54) is 11.3 Å². The van der Waals surface area contributed by atoms with E-state index < -0.39 is 5.97 Å². The van der Waals surface area contributed by atoms with Gasteiger partial charge in [-0.15, -0.1) is 11.3 Å². The Morgan fingerprint density at radius 1 is 1.64 bits per heavy atom. The zero-order chi connectivity index (χ0) is 7.56. The Morgan fingerprint density at radius 3 is 2.64 bits per heavy atom. The van der Waals surface area contributed by atoms with Gasteiger partial charge in [0.2, 0.25) is 0 Å². The molecular weight excluding hydrogens is 189 g/mol. The number of hydrogen-bond donors (Lipinski definition) is 1. The summed E-state index contributed by atoms with van der Waals surface area (Å²) in [6.45, 7) is 0. The van der Waals surface area contributed by atoms with E-state index in [2.05, 4.69) is 5.32 Å². The molecule has 11 heavy (non-hydrogen) atoms. The topological polar surface area (TPSA) is 52.2 Å². The van der Waals surface area contributed by atoms with Gasteiger partial charge in [-0.05, 0) is 0 Å². The van der Waals surface area contributed by atoms with Crippen LogP contribution in [0.5, 0.6) is 0 Å². The molecule has 0 aliphatic heterocycles. The van der Waals surface area contributed by atoms with Gasteiger partial charge in [-0.1, -0.05) is 0 Å². The van der Waals surface area contributed by atoms with Crippen LogP contribution in [0.1, 0.15) is 10.4 Å². The van der Waals surface area contributed by atoms with Crippen LogP contribution in [0.25, 0.3) is 0 Å². The summed E-state index contributed by atoms with van der Waals surface area (Å²) < 4.78 is 0. The van der Waals surface area contributed by atoms with E-state index in [1.807, 2.05) is 0 Å². The molecule has 1 heterocycles. The first kappa shape index (κ1) is 11.6. The SMILES string of the molecule is CNc1cscc1C(=O)[O-].[K+]. The van der Waals surface area contributed by atoms with Crippen molar-refractivity contribution in [3.8, 4) is 0 Å². The van der Waals surface area contributed by atoms with Gasteiger partial charge >= 0.3 is 51.4 Å². The van der Waals surface area contributed by atoms with Crippen LogP contribution in [0.3, 0.4) is 0 Å². The average molecular weight is 195 g/mol. The average Bonchev–Trinajstić information content (AvgIpc) is 2.33. The van der Waals surface area contributed by atoms with E-state index in [-0.39, 0.29) is 56.9 Å². The summed E-state index contributed by atoms with van der Waals surface area (Å²) in [6.07, 6.45) is 0. The van der Waals surface area contributed by atoms with Crippen molar-refractivity contribution in [1.29, 1.82) is 0 Å². The van der Waals surface area contributed by atoms with Crippen LogP contribution >= 0.6 is 11.3 Å². The molecule has 0 aromatic carbocycles. The second-order valence-electron chi connectivity index (χ2n) is 1.74. The van der Waals surface area contributed by atoms with Gasteiger partial charge in [0, 0.05) is 23.4 Å². The minimum Gasteiger partial charge on any atom is -0.545 e. The summed E-state index contributed by atoms with van der Waals surface area (Å²) in [6, 6.07) is 0. The summed E-state index contributed by atoms with van der Waals surface area (Å²) in [5.41, 5.74) is 0.845. The van der Waals surface area contributed by atoms with Crippen molar-refractivity contribution in [2.24, 2.45) is 0 Å². The van der Waals surface area contributed by atoms with E-state index in [4.69, 9.17) is 0 Å². The quantitative estimate of drug-likeness (QED) is 0.517. The molecule has 0 aliphatic rings. The minimum atomic E-state index is -1.13. The molecule has 54 valence electrons. The number of nitrogens with one attached hydrogen (secondary N) is 1. The Labute approximate surface area is 111 Å². The zero-order valence-electron chi connectivity index (χ0n) is 6.38. The van der Waals surface area contributed by atoms with Gasteiger partial charge in [0.25, 0.3) is 0 Å². The largest absolute Gasteiger partial charge is 1.00 e. The van der Waals surface area contributed by atoms with Gasteiger partial charge in [-0.2, -0.15) is 0 Å². The van der Waals surface area contributed by atoms with Gasteiger partial charge in [0.1, 0.15) is 0 Å². The normalized spacial score (nSPS) is 8.45. The molecule has 1 aromatic heterocycles. The Bertz CT molecular complexity index is 248. The van der Waals surface area contributed by atoms with Crippen molar-refractivity contribution in [2.75, 3.05) is 12.4 Å². The third kappa shape index (κ3) is 2.85. The first-order chi connectivity index (χ1) is 4.75. The van der Waals surface area contributed by atoms with E-state index >= 15 is 0 Å². The first-order valence-electron chi connectivity index (χ1n) is 2.71. The molecule has 5 heteroatoms. The van der Waals surface area contributed by atoms with Crippen molar-refractivity contribution < 1.29 is 61.3 Å². The Kier molecular flexibility index (Phi) is 5.58. The van der Waals surface area contributed by atoms with Crippen LogP contribution in [0.4, 0.5) is 5.69 Å². The summed E-state index contributed by atoms with van der Waals surface area (Å²) in [5, 5.41) is 16.3. The van der Waals surface area contributed by atoms with Crippen molar-refractivity contribution in [3.05, 3.63) is 16.3 Å². The van der Waals surface area contributed by atoms with Crippen molar-refractivity contribution >= 4 is 23.0 Å². The first-order valence-corrected chi connectivity index (χ1v) is 3.65. The molecule has 0 amide bonds. The maximum Gasteiger partial charge on any atom is 1.00 e. The molecule has 0 saturated carbocycles. The third-order valence-corrected chi connectivity index (χ3v) is 1.89. The van der Waals surface area contributed by atoms with Crippen molar-refractivity contribution in [1.82, 2.24) is 0 Å². The van der Waals surface area contributed by atoms with Crippen LogP contribution in [-0.2, 0) is 0 Å². The molecular formula is C6H6KNO2S. The second kappa shape index (κ2) is 5.29. The molecule has 0 radical (unpaired) electrons. The Morgan fingerprint density at radius 2 is 2.27 bits per heavy atom. The van der Waals surface area contributed by atoms with E-state index in [0.717, 1.165) is 0 Å². The van der Waals surface area contributed by atoms with Crippen LogP contribution in [0.15, 0.2) is 10.8 Å². The monoisotopic (exact) mass is 195 g/mol.